The predicted molar refractivity (Wildman–Crippen MR) is 91.3 cm³/mol. The average molecular weight is 342 g/mol. The summed E-state index contributed by atoms with van der Waals surface area (Å²) >= 11 is 0. The Hall–Kier alpha value is -2.88. The van der Waals surface area contributed by atoms with Crippen LogP contribution in [0.2, 0.25) is 0 Å². The molecular formula is C18H22N4O3. The van der Waals surface area contributed by atoms with Gasteiger partial charge in [0.15, 0.2) is 0 Å². The lowest BCUT2D eigenvalue weighted by atomic mass is 9.91. The first kappa shape index (κ1) is 18.5. The van der Waals surface area contributed by atoms with E-state index in [9.17, 15) is 14.4 Å². The van der Waals surface area contributed by atoms with E-state index in [2.05, 4.69) is 10.6 Å². The lowest BCUT2D eigenvalue weighted by molar-refractivity contribution is -0.135. The third-order valence-corrected chi connectivity index (χ3v) is 4.27. The van der Waals surface area contributed by atoms with Crippen molar-refractivity contribution in [2.24, 2.45) is 0 Å². The zero-order valence-electron chi connectivity index (χ0n) is 14.6. The molecule has 1 aromatic rings. The highest BCUT2D eigenvalue weighted by atomic mass is 16.2. The number of benzene rings is 1. The number of nitrogens with one attached hydrogen (secondary N) is 2. The number of nitriles is 1. The van der Waals surface area contributed by atoms with Gasteiger partial charge in [0.05, 0.1) is 11.6 Å². The number of nitrogens with zero attached hydrogens (tertiary/aromatic N) is 2. The van der Waals surface area contributed by atoms with E-state index in [1.54, 1.807) is 31.2 Å². The fourth-order valence-electron chi connectivity index (χ4n) is 2.91. The maximum atomic E-state index is 12.8. The van der Waals surface area contributed by atoms with Gasteiger partial charge in [0.25, 0.3) is 5.91 Å². The molecule has 0 spiro atoms. The largest absolute Gasteiger partial charge is 0.352 e. The van der Waals surface area contributed by atoms with Gasteiger partial charge in [0.2, 0.25) is 5.91 Å². The zero-order chi connectivity index (χ0) is 18.6. The molecule has 0 aliphatic carbocycles. The van der Waals surface area contributed by atoms with Crippen molar-refractivity contribution in [1.29, 1.82) is 5.26 Å². The van der Waals surface area contributed by atoms with Crippen LogP contribution in [0.25, 0.3) is 0 Å². The van der Waals surface area contributed by atoms with Gasteiger partial charge >= 0.3 is 6.03 Å². The number of rotatable bonds is 6. The lowest BCUT2D eigenvalue weighted by Crippen LogP contribution is -2.45. The van der Waals surface area contributed by atoms with Crippen molar-refractivity contribution in [1.82, 2.24) is 15.5 Å². The van der Waals surface area contributed by atoms with E-state index in [-0.39, 0.29) is 18.5 Å². The van der Waals surface area contributed by atoms with E-state index in [0.717, 1.165) is 17.7 Å². The Bertz CT molecular complexity index is 740. The first-order valence-corrected chi connectivity index (χ1v) is 8.26. The minimum Gasteiger partial charge on any atom is -0.352 e. The fraction of sp³-hybridized carbons (Fsp3) is 0.444. The number of hydrogen-bond acceptors (Lipinski definition) is 4. The molecule has 1 heterocycles. The molecule has 0 saturated carbocycles. The van der Waals surface area contributed by atoms with Crippen LogP contribution in [0, 0.1) is 11.3 Å². The molecule has 7 heteroatoms. The first-order chi connectivity index (χ1) is 11.8. The molecule has 1 fully saturated rings. The van der Waals surface area contributed by atoms with E-state index in [4.69, 9.17) is 5.26 Å². The van der Waals surface area contributed by atoms with Crippen LogP contribution in [-0.4, -0.2) is 35.3 Å². The standard InChI is InChI=1S/C18H22N4O3/c1-4-6-12(2)20-15(23)11-22-16(24)18(3,21-17(22)25)14-8-5-7-13(9-14)10-19/h5,7-9,12H,4,6,11H2,1-3H3,(H,20,23)(H,21,25)/t12-,18+/m0/s1. The Morgan fingerprint density at radius 3 is 2.80 bits per heavy atom. The van der Waals surface area contributed by atoms with Crippen molar-refractivity contribution < 1.29 is 14.4 Å². The topological polar surface area (TPSA) is 102 Å². The zero-order valence-corrected chi connectivity index (χ0v) is 14.6. The SMILES string of the molecule is CCC[C@H](C)NC(=O)CN1C(=O)N[C@](C)(c2cccc(C#N)c2)C1=O. The summed E-state index contributed by atoms with van der Waals surface area (Å²) in [6.07, 6.45) is 1.75. The van der Waals surface area contributed by atoms with Gasteiger partial charge in [-0.25, -0.2) is 4.79 Å². The number of amides is 4. The molecule has 132 valence electrons. The van der Waals surface area contributed by atoms with E-state index < -0.39 is 17.5 Å². The summed E-state index contributed by atoms with van der Waals surface area (Å²) in [6.45, 7) is 5.14. The number of hydrogen-bond donors (Lipinski definition) is 2. The molecule has 4 amide bonds. The summed E-state index contributed by atoms with van der Waals surface area (Å²) in [5.74, 6) is -0.884. The van der Waals surface area contributed by atoms with Crippen molar-refractivity contribution in [3.8, 4) is 6.07 Å². The summed E-state index contributed by atoms with van der Waals surface area (Å²) in [4.78, 5) is 38.0. The Kier molecular flexibility index (Phi) is 5.42. The summed E-state index contributed by atoms with van der Waals surface area (Å²) in [5.41, 5.74) is -0.392. The van der Waals surface area contributed by atoms with E-state index in [0.29, 0.717) is 11.1 Å². The fourth-order valence-corrected chi connectivity index (χ4v) is 2.91. The molecule has 1 aliphatic heterocycles. The molecule has 0 radical (unpaired) electrons. The molecule has 2 rings (SSSR count). The number of urea groups is 1. The Labute approximate surface area is 147 Å². The van der Waals surface area contributed by atoms with E-state index in [1.165, 1.54) is 0 Å². The number of carbonyl (C=O) groups excluding carboxylic acids is 3. The third kappa shape index (κ3) is 3.79. The molecule has 0 bridgehead atoms. The first-order valence-electron chi connectivity index (χ1n) is 8.26. The highest BCUT2D eigenvalue weighted by molar-refractivity contribution is 6.09. The average Bonchev–Trinajstić information content (AvgIpc) is 2.79. The maximum absolute atomic E-state index is 12.8. The summed E-state index contributed by atoms with van der Waals surface area (Å²) in [7, 11) is 0. The van der Waals surface area contributed by atoms with Gasteiger partial charge in [0, 0.05) is 6.04 Å². The van der Waals surface area contributed by atoms with Crippen molar-refractivity contribution in [2.75, 3.05) is 6.54 Å². The minimum absolute atomic E-state index is 0.0167. The van der Waals surface area contributed by atoms with E-state index in [1.807, 2.05) is 19.9 Å². The quantitative estimate of drug-likeness (QED) is 0.767. The third-order valence-electron chi connectivity index (χ3n) is 4.27. The Balaban J connectivity index is 2.16. The summed E-state index contributed by atoms with van der Waals surface area (Å²) in [5, 5.41) is 14.4. The van der Waals surface area contributed by atoms with Gasteiger partial charge in [-0.1, -0.05) is 25.5 Å². The second-order valence-electron chi connectivity index (χ2n) is 6.40. The summed E-state index contributed by atoms with van der Waals surface area (Å²) < 4.78 is 0. The van der Waals surface area contributed by atoms with Crippen molar-refractivity contribution in [2.45, 2.75) is 45.2 Å². The molecule has 2 atom stereocenters. The lowest BCUT2D eigenvalue weighted by Gasteiger charge is -2.22. The molecular weight excluding hydrogens is 320 g/mol. The van der Waals surface area contributed by atoms with Crippen LogP contribution in [0.15, 0.2) is 24.3 Å². The Morgan fingerprint density at radius 2 is 2.16 bits per heavy atom. The summed E-state index contributed by atoms with van der Waals surface area (Å²) in [6, 6.07) is 7.88. The van der Waals surface area contributed by atoms with Gasteiger partial charge in [0.1, 0.15) is 12.1 Å². The second kappa shape index (κ2) is 7.34. The Morgan fingerprint density at radius 1 is 1.44 bits per heavy atom. The van der Waals surface area contributed by atoms with Crippen LogP contribution in [0.1, 0.15) is 44.7 Å². The molecule has 0 unspecified atom stereocenters. The smallest absolute Gasteiger partial charge is 0.325 e. The molecule has 2 N–H and O–H groups in total. The van der Waals surface area contributed by atoms with Crippen LogP contribution in [0.4, 0.5) is 4.79 Å². The van der Waals surface area contributed by atoms with Gasteiger partial charge in [-0.05, 0) is 38.0 Å². The van der Waals surface area contributed by atoms with Gasteiger partial charge in [-0.3, -0.25) is 14.5 Å². The maximum Gasteiger partial charge on any atom is 0.325 e. The van der Waals surface area contributed by atoms with Crippen LogP contribution in [0.5, 0.6) is 0 Å². The normalized spacial score (nSPS) is 20.8. The van der Waals surface area contributed by atoms with Gasteiger partial charge in [-0.2, -0.15) is 5.26 Å². The van der Waals surface area contributed by atoms with Crippen molar-refractivity contribution in [3.05, 3.63) is 35.4 Å². The van der Waals surface area contributed by atoms with Crippen LogP contribution < -0.4 is 10.6 Å². The van der Waals surface area contributed by atoms with Crippen LogP contribution in [-0.2, 0) is 15.1 Å². The van der Waals surface area contributed by atoms with Gasteiger partial charge < -0.3 is 10.6 Å². The molecule has 7 nitrogen and oxygen atoms in total. The molecule has 1 aliphatic rings. The van der Waals surface area contributed by atoms with Crippen molar-refractivity contribution in [3.63, 3.8) is 0 Å². The molecule has 25 heavy (non-hydrogen) atoms. The molecule has 1 saturated heterocycles. The van der Waals surface area contributed by atoms with Gasteiger partial charge in [-0.15, -0.1) is 0 Å². The van der Waals surface area contributed by atoms with Crippen LogP contribution in [0.3, 0.4) is 0 Å². The van der Waals surface area contributed by atoms with Crippen LogP contribution >= 0.6 is 0 Å². The monoisotopic (exact) mass is 342 g/mol. The van der Waals surface area contributed by atoms with Crippen molar-refractivity contribution >= 4 is 17.8 Å². The number of imide groups is 1. The number of carbonyl (C=O) groups is 3. The second-order valence-corrected chi connectivity index (χ2v) is 6.40. The molecule has 1 aromatic carbocycles. The highest BCUT2D eigenvalue weighted by Gasteiger charge is 2.49. The highest BCUT2D eigenvalue weighted by Crippen LogP contribution is 2.29. The minimum atomic E-state index is -1.29. The molecule has 0 aromatic heterocycles. The van der Waals surface area contributed by atoms with E-state index >= 15 is 0 Å². The predicted octanol–water partition coefficient (Wildman–Crippen LogP) is 1.63.